The van der Waals surface area contributed by atoms with Gasteiger partial charge in [0.1, 0.15) is 0 Å². The molecule has 2 aromatic rings. The van der Waals surface area contributed by atoms with E-state index in [0.29, 0.717) is 27.3 Å². The summed E-state index contributed by atoms with van der Waals surface area (Å²) in [5.74, 6) is 0. The molecule has 0 spiro atoms. The van der Waals surface area contributed by atoms with Crippen LogP contribution < -0.4 is 11.3 Å². The van der Waals surface area contributed by atoms with E-state index in [1.54, 1.807) is 30.5 Å². The molecule has 0 amide bonds. The van der Waals surface area contributed by atoms with Gasteiger partial charge in [0.25, 0.3) is 5.56 Å². The van der Waals surface area contributed by atoms with E-state index in [-0.39, 0.29) is 5.56 Å². The van der Waals surface area contributed by atoms with Crippen LogP contribution in [0.4, 0.5) is 5.69 Å². The van der Waals surface area contributed by atoms with Gasteiger partial charge in [-0.25, -0.2) is 0 Å². The molecule has 0 radical (unpaired) electrons. The van der Waals surface area contributed by atoms with Gasteiger partial charge in [-0.05, 0) is 39.7 Å². The number of nitrogens with two attached hydrogens (primary N) is 1. The molecule has 0 aliphatic carbocycles. The molecule has 0 bridgehead atoms. The van der Waals surface area contributed by atoms with Crippen LogP contribution in [-0.4, -0.2) is 4.57 Å². The van der Waals surface area contributed by atoms with Crippen LogP contribution in [0.1, 0.15) is 11.1 Å². The molecule has 1 aromatic heterocycles. The van der Waals surface area contributed by atoms with E-state index >= 15 is 0 Å². The summed E-state index contributed by atoms with van der Waals surface area (Å²) in [5, 5.41) is 9.22. The second-order valence-electron chi connectivity index (χ2n) is 3.97. The zero-order chi connectivity index (χ0) is 14.0. The average molecular weight is 339 g/mol. The van der Waals surface area contributed by atoms with Crippen LogP contribution in [0.15, 0.2) is 39.7 Å². The molecule has 6 heteroatoms. The molecule has 4 nitrogen and oxygen atoms in total. The second-order valence-corrected chi connectivity index (χ2v) is 5.23. The Hall–Kier alpha value is -1.77. The van der Waals surface area contributed by atoms with Crippen LogP contribution in [0.2, 0.25) is 5.02 Å². The van der Waals surface area contributed by atoms with Gasteiger partial charge in [0.2, 0.25) is 0 Å². The molecule has 1 aromatic carbocycles. The molecule has 2 rings (SSSR count). The third-order valence-electron chi connectivity index (χ3n) is 2.59. The lowest BCUT2D eigenvalue weighted by atomic mass is 10.1. The van der Waals surface area contributed by atoms with Crippen molar-refractivity contribution in [1.82, 2.24) is 4.57 Å². The Morgan fingerprint density at radius 2 is 2.16 bits per heavy atom. The number of nitriles is 1. The van der Waals surface area contributed by atoms with Gasteiger partial charge < -0.3 is 10.3 Å². The van der Waals surface area contributed by atoms with Crippen molar-refractivity contribution in [3.63, 3.8) is 0 Å². The van der Waals surface area contributed by atoms with Crippen molar-refractivity contribution in [3.8, 4) is 6.07 Å². The van der Waals surface area contributed by atoms with E-state index in [9.17, 15) is 4.79 Å². The van der Waals surface area contributed by atoms with Gasteiger partial charge in [-0.3, -0.25) is 4.79 Å². The van der Waals surface area contributed by atoms with Crippen molar-refractivity contribution >= 4 is 33.2 Å². The average Bonchev–Trinajstić information content (AvgIpc) is 2.37. The number of pyridine rings is 1. The van der Waals surface area contributed by atoms with Crippen molar-refractivity contribution in [3.05, 3.63) is 61.4 Å². The SMILES string of the molecule is N#Cc1ccc(Cn2cc(N)cc(Br)c2=O)c(Cl)c1. The highest BCUT2D eigenvalue weighted by Crippen LogP contribution is 2.19. The zero-order valence-electron chi connectivity index (χ0n) is 9.73. The first-order valence-electron chi connectivity index (χ1n) is 5.35. The molecule has 0 aliphatic heterocycles. The van der Waals surface area contributed by atoms with E-state index in [4.69, 9.17) is 22.6 Å². The van der Waals surface area contributed by atoms with Crippen molar-refractivity contribution in [2.24, 2.45) is 0 Å². The Morgan fingerprint density at radius 1 is 1.42 bits per heavy atom. The second kappa shape index (κ2) is 5.47. The summed E-state index contributed by atoms with van der Waals surface area (Å²) < 4.78 is 1.87. The lowest BCUT2D eigenvalue weighted by molar-refractivity contribution is 0.757. The minimum atomic E-state index is -0.186. The van der Waals surface area contributed by atoms with Gasteiger partial charge in [-0.1, -0.05) is 17.7 Å². The standard InChI is InChI=1S/C13H9BrClN3O/c14-11-4-10(17)7-18(13(11)19)6-9-2-1-8(5-16)3-12(9)15/h1-4,7H,6,17H2. The summed E-state index contributed by atoms with van der Waals surface area (Å²) in [7, 11) is 0. The van der Waals surface area contributed by atoms with Gasteiger partial charge in [0.05, 0.1) is 22.7 Å². The Balaban J connectivity index is 2.42. The highest BCUT2D eigenvalue weighted by molar-refractivity contribution is 9.10. The maximum Gasteiger partial charge on any atom is 0.265 e. The summed E-state index contributed by atoms with van der Waals surface area (Å²) in [6.45, 7) is 0.299. The third kappa shape index (κ3) is 2.98. The summed E-state index contributed by atoms with van der Waals surface area (Å²) in [5.41, 5.74) is 7.23. The van der Waals surface area contributed by atoms with Crippen LogP contribution in [0.3, 0.4) is 0 Å². The van der Waals surface area contributed by atoms with Gasteiger partial charge in [0, 0.05) is 16.9 Å². The Labute approximate surface area is 123 Å². The van der Waals surface area contributed by atoms with Crippen molar-refractivity contribution in [2.45, 2.75) is 6.54 Å². The molecule has 0 unspecified atom stereocenters. The highest BCUT2D eigenvalue weighted by atomic mass is 79.9. The fourth-order valence-electron chi connectivity index (χ4n) is 1.67. The molecule has 1 heterocycles. The third-order valence-corrected chi connectivity index (χ3v) is 3.51. The van der Waals surface area contributed by atoms with Crippen molar-refractivity contribution in [2.75, 3.05) is 5.73 Å². The first-order chi connectivity index (χ1) is 9.01. The van der Waals surface area contributed by atoms with Crippen molar-refractivity contribution < 1.29 is 0 Å². The van der Waals surface area contributed by atoms with Crippen molar-refractivity contribution in [1.29, 1.82) is 5.26 Å². The number of nitrogen functional groups attached to an aromatic ring is 1. The normalized spacial score (nSPS) is 10.2. The zero-order valence-corrected chi connectivity index (χ0v) is 12.1. The molecular weight excluding hydrogens is 330 g/mol. The van der Waals surface area contributed by atoms with E-state index in [1.165, 1.54) is 4.57 Å². The maximum absolute atomic E-state index is 11.9. The quantitative estimate of drug-likeness (QED) is 0.915. The summed E-state index contributed by atoms with van der Waals surface area (Å²) in [4.78, 5) is 11.9. The minimum absolute atomic E-state index is 0.186. The van der Waals surface area contributed by atoms with Gasteiger partial charge in [-0.2, -0.15) is 5.26 Å². The molecule has 0 saturated heterocycles. The fraction of sp³-hybridized carbons (Fsp3) is 0.0769. The molecule has 0 saturated carbocycles. The lowest BCUT2D eigenvalue weighted by Crippen LogP contribution is -2.21. The summed E-state index contributed by atoms with van der Waals surface area (Å²) in [6, 6.07) is 8.52. The fourth-order valence-corrected chi connectivity index (χ4v) is 2.40. The molecule has 0 aliphatic rings. The largest absolute Gasteiger partial charge is 0.398 e. The predicted octanol–water partition coefficient (Wildman–Crippen LogP) is 2.77. The molecule has 0 fully saturated rings. The van der Waals surface area contributed by atoms with E-state index in [2.05, 4.69) is 15.9 Å². The number of rotatable bonds is 2. The number of hydrogen-bond donors (Lipinski definition) is 1. The lowest BCUT2D eigenvalue weighted by Gasteiger charge is -2.09. The molecule has 96 valence electrons. The molecule has 19 heavy (non-hydrogen) atoms. The van der Waals surface area contributed by atoms with Gasteiger partial charge in [-0.15, -0.1) is 0 Å². The van der Waals surface area contributed by atoms with Gasteiger partial charge >= 0.3 is 0 Å². The number of anilines is 1. The van der Waals surface area contributed by atoms with Gasteiger partial charge in [0.15, 0.2) is 0 Å². The van der Waals surface area contributed by atoms with Crippen LogP contribution in [-0.2, 0) is 6.54 Å². The van der Waals surface area contributed by atoms with Crippen LogP contribution in [0.25, 0.3) is 0 Å². The Bertz CT molecular complexity index is 734. The van der Waals surface area contributed by atoms with E-state index in [0.717, 1.165) is 5.56 Å². The topological polar surface area (TPSA) is 71.8 Å². The molecule has 2 N–H and O–H groups in total. The number of hydrogen-bond acceptors (Lipinski definition) is 3. The predicted molar refractivity (Wildman–Crippen MR) is 78.1 cm³/mol. The summed E-state index contributed by atoms with van der Waals surface area (Å²) >= 11 is 9.24. The number of aromatic nitrogens is 1. The smallest absolute Gasteiger partial charge is 0.265 e. The highest BCUT2D eigenvalue weighted by Gasteiger charge is 2.07. The van der Waals surface area contributed by atoms with Crippen LogP contribution >= 0.6 is 27.5 Å². The van der Waals surface area contributed by atoms with Crippen LogP contribution in [0, 0.1) is 11.3 Å². The van der Waals surface area contributed by atoms with E-state index < -0.39 is 0 Å². The van der Waals surface area contributed by atoms with E-state index in [1.807, 2.05) is 6.07 Å². The number of nitrogens with zero attached hydrogens (tertiary/aromatic N) is 2. The number of halogens is 2. The minimum Gasteiger partial charge on any atom is -0.398 e. The molecule has 0 atom stereocenters. The Morgan fingerprint density at radius 3 is 2.79 bits per heavy atom. The monoisotopic (exact) mass is 337 g/mol. The number of benzene rings is 1. The first kappa shape index (κ1) is 13.7. The molecular formula is C13H9BrClN3O. The summed E-state index contributed by atoms with van der Waals surface area (Å²) in [6.07, 6.45) is 1.56. The van der Waals surface area contributed by atoms with Crippen LogP contribution in [0.5, 0.6) is 0 Å². The maximum atomic E-state index is 11.9. The Kier molecular flexibility index (Phi) is 3.93. The first-order valence-corrected chi connectivity index (χ1v) is 6.52.